The molecule has 1 aromatic rings. The number of non-ortho nitro benzene ring substituents is 1. The first-order valence-electron chi connectivity index (χ1n) is 7.62. The van der Waals surface area contributed by atoms with Crippen molar-refractivity contribution in [1.82, 2.24) is 5.32 Å². The van der Waals surface area contributed by atoms with Crippen molar-refractivity contribution in [3.05, 3.63) is 39.9 Å². The van der Waals surface area contributed by atoms with Crippen LogP contribution in [0.1, 0.15) is 56.9 Å². The lowest BCUT2D eigenvalue weighted by molar-refractivity contribution is -0.384. The van der Waals surface area contributed by atoms with E-state index in [1.807, 2.05) is 6.92 Å². The molecule has 0 aromatic heterocycles. The maximum Gasteiger partial charge on any atom is 0.269 e. The van der Waals surface area contributed by atoms with Crippen molar-refractivity contribution in [1.29, 1.82) is 0 Å². The zero-order valence-electron chi connectivity index (χ0n) is 12.4. The van der Waals surface area contributed by atoms with Gasteiger partial charge in [-0.3, -0.25) is 14.9 Å². The molecule has 1 aliphatic carbocycles. The molecule has 1 amide bonds. The number of carbonyl (C=O) groups is 1. The SMILES string of the molecule is C[C@H](C(=O)NC1CCCCCC1)c1ccc([N+](=O)[O-])cc1. The van der Waals surface area contributed by atoms with E-state index in [0.717, 1.165) is 18.4 Å². The van der Waals surface area contributed by atoms with Gasteiger partial charge >= 0.3 is 0 Å². The molecular weight excluding hydrogens is 268 g/mol. The smallest absolute Gasteiger partial charge is 0.269 e. The molecular formula is C16H22N2O3. The number of carbonyl (C=O) groups excluding carboxylic acids is 1. The minimum atomic E-state index is -0.431. The standard InChI is InChI=1S/C16H22N2O3/c1-12(13-8-10-15(11-9-13)18(20)21)16(19)17-14-6-4-2-3-5-7-14/h8-12,14H,2-7H2,1H3,(H,17,19)/t12-/m0/s1. The lowest BCUT2D eigenvalue weighted by atomic mass is 9.99. The van der Waals surface area contributed by atoms with E-state index in [4.69, 9.17) is 0 Å². The molecule has 0 spiro atoms. The third-order valence-electron chi connectivity index (χ3n) is 4.20. The highest BCUT2D eigenvalue weighted by Gasteiger charge is 2.20. The Balaban J connectivity index is 1.96. The van der Waals surface area contributed by atoms with Crippen molar-refractivity contribution in [3.63, 3.8) is 0 Å². The van der Waals surface area contributed by atoms with Gasteiger partial charge in [-0.25, -0.2) is 0 Å². The van der Waals surface area contributed by atoms with Gasteiger partial charge in [0, 0.05) is 18.2 Å². The fourth-order valence-corrected chi connectivity index (χ4v) is 2.79. The van der Waals surface area contributed by atoms with E-state index < -0.39 is 4.92 Å². The number of amides is 1. The van der Waals surface area contributed by atoms with Gasteiger partial charge in [0.05, 0.1) is 10.8 Å². The topological polar surface area (TPSA) is 72.2 Å². The summed E-state index contributed by atoms with van der Waals surface area (Å²) in [4.78, 5) is 22.5. The van der Waals surface area contributed by atoms with E-state index >= 15 is 0 Å². The van der Waals surface area contributed by atoms with Gasteiger partial charge in [0.1, 0.15) is 0 Å². The monoisotopic (exact) mass is 290 g/mol. The van der Waals surface area contributed by atoms with Crippen molar-refractivity contribution < 1.29 is 9.72 Å². The minimum absolute atomic E-state index is 0.00996. The molecule has 5 heteroatoms. The van der Waals surface area contributed by atoms with Crippen LogP contribution in [0, 0.1) is 10.1 Å². The molecule has 1 aliphatic rings. The molecule has 5 nitrogen and oxygen atoms in total. The molecule has 2 rings (SSSR count). The van der Waals surface area contributed by atoms with Crippen LogP contribution in [0.2, 0.25) is 0 Å². The maximum absolute atomic E-state index is 12.3. The summed E-state index contributed by atoms with van der Waals surface area (Å²) in [5, 5.41) is 13.8. The van der Waals surface area contributed by atoms with Crippen LogP contribution < -0.4 is 5.32 Å². The average Bonchev–Trinajstić information content (AvgIpc) is 2.75. The molecule has 0 aliphatic heterocycles. The van der Waals surface area contributed by atoms with Crippen molar-refractivity contribution in [2.24, 2.45) is 0 Å². The molecule has 21 heavy (non-hydrogen) atoms. The number of rotatable bonds is 4. The Kier molecular flexibility index (Phi) is 5.31. The molecule has 0 unspecified atom stereocenters. The van der Waals surface area contributed by atoms with E-state index in [2.05, 4.69) is 5.32 Å². The van der Waals surface area contributed by atoms with E-state index in [1.165, 1.54) is 37.8 Å². The molecule has 0 saturated heterocycles. The highest BCUT2D eigenvalue weighted by Crippen LogP contribution is 2.21. The number of hydrogen-bond acceptors (Lipinski definition) is 3. The molecule has 1 aromatic carbocycles. The predicted molar refractivity (Wildman–Crippen MR) is 81.1 cm³/mol. The third kappa shape index (κ3) is 4.28. The first-order chi connectivity index (χ1) is 10.1. The van der Waals surface area contributed by atoms with Crippen LogP contribution in [-0.2, 0) is 4.79 Å². The second kappa shape index (κ2) is 7.20. The summed E-state index contributed by atoms with van der Waals surface area (Å²) in [7, 11) is 0. The lowest BCUT2D eigenvalue weighted by Gasteiger charge is -2.19. The Labute approximate surface area is 124 Å². The van der Waals surface area contributed by atoms with Crippen molar-refractivity contribution in [2.45, 2.75) is 57.4 Å². The van der Waals surface area contributed by atoms with E-state index in [0.29, 0.717) is 0 Å². The maximum atomic E-state index is 12.3. The number of benzene rings is 1. The van der Waals surface area contributed by atoms with Crippen LogP contribution in [0.15, 0.2) is 24.3 Å². The molecule has 1 saturated carbocycles. The molecule has 1 N–H and O–H groups in total. The van der Waals surface area contributed by atoms with Gasteiger partial charge in [-0.05, 0) is 25.3 Å². The molecule has 0 bridgehead atoms. The van der Waals surface area contributed by atoms with E-state index in [1.54, 1.807) is 12.1 Å². The number of nitrogens with zero attached hydrogens (tertiary/aromatic N) is 1. The third-order valence-corrected chi connectivity index (χ3v) is 4.20. The van der Waals surface area contributed by atoms with Gasteiger partial charge < -0.3 is 5.32 Å². The van der Waals surface area contributed by atoms with Crippen molar-refractivity contribution in [2.75, 3.05) is 0 Å². The van der Waals surface area contributed by atoms with Crippen LogP contribution in [0.5, 0.6) is 0 Å². The minimum Gasteiger partial charge on any atom is -0.353 e. The molecule has 0 heterocycles. The molecule has 1 atom stereocenters. The van der Waals surface area contributed by atoms with Crippen molar-refractivity contribution >= 4 is 11.6 Å². The Bertz CT molecular complexity index is 491. The quantitative estimate of drug-likeness (QED) is 0.523. The van der Waals surface area contributed by atoms with Gasteiger partial charge in [0.15, 0.2) is 0 Å². The molecule has 0 radical (unpaired) electrons. The zero-order valence-corrected chi connectivity index (χ0v) is 12.4. The fourth-order valence-electron chi connectivity index (χ4n) is 2.79. The van der Waals surface area contributed by atoms with Crippen LogP contribution >= 0.6 is 0 Å². The number of nitrogens with one attached hydrogen (secondary N) is 1. The molecule has 1 fully saturated rings. The number of nitro benzene ring substituents is 1. The summed E-state index contributed by atoms with van der Waals surface area (Å²) in [5.74, 6) is -0.273. The van der Waals surface area contributed by atoms with Gasteiger partial charge in [-0.1, -0.05) is 37.8 Å². The average molecular weight is 290 g/mol. The Morgan fingerprint density at radius 1 is 1.19 bits per heavy atom. The number of hydrogen-bond donors (Lipinski definition) is 1. The Morgan fingerprint density at radius 3 is 2.29 bits per heavy atom. The summed E-state index contributed by atoms with van der Waals surface area (Å²) >= 11 is 0. The van der Waals surface area contributed by atoms with Gasteiger partial charge in [0.2, 0.25) is 5.91 Å². The van der Waals surface area contributed by atoms with E-state index in [9.17, 15) is 14.9 Å². The van der Waals surface area contributed by atoms with Gasteiger partial charge in [-0.15, -0.1) is 0 Å². The number of nitro groups is 1. The summed E-state index contributed by atoms with van der Waals surface area (Å²) < 4.78 is 0. The van der Waals surface area contributed by atoms with Crippen LogP contribution in [0.25, 0.3) is 0 Å². The predicted octanol–water partition coefficient (Wildman–Crippen LogP) is 3.54. The summed E-state index contributed by atoms with van der Waals surface area (Å²) in [6.07, 6.45) is 6.97. The fraction of sp³-hybridized carbons (Fsp3) is 0.562. The zero-order chi connectivity index (χ0) is 15.2. The highest BCUT2D eigenvalue weighted by atomic mass is 16.6. The highest BCUT2D eigenvalue weighted by molar-refractivity contribution is 5.83. The van der Waals surface area contributed by atoms with Crippen LogP contribution in [-0.4, -0.2) is 16.9 Å². The Morgan fingerprint density at radius 2 is 1.76 bits per heavy atom. The second-order valence-electron chi connectivity index (χ2n) is 5.77. The van der Waals surface area contributed by atoms with Gasteiger partial charge in [-0.2, -0.15) is 0 Å². The summed E-state index contributed by atoms with van der Waals surface area (Å²) in [5.41, 5.74) is 0.863. The lowest BCUT2D eigenvalue weighted by Crippen LogP contribution is -2.37. The van der Waals surface area contributed by atoms with Gasteiger partial charge in [0.25, 0.3) is 5.69 Å². The normalized spacial score (nSPS) is 17.8. The van der Waals surface area contributed by atoms with Crippen LogP contribution in [0.4, 0.5) is 5.69 Å². The first-order valence-corrected chi connectivity index (χ1v) is 7.62. The molecule has 114 valence electrons. The Hall–Kier alpha value is -1.91. The summed E-state index contributed by atoms with van der Waals surface area (Å²) in [6, 6.07) is 6.50. The summed E-state index contributed by atoms with van der Waals surface area (Å²) in [6.45, 7) is 1.84. The van der Waals surface area contributed by atoms with E-state index in [-0.39, 0.29) is 23.6 Å². The van der Waals surface area contributed by atoms with Crippen molar-refractivity contribution in [3.8, 4) is 0 Å². The van der Waals surface area contributed by atoms with Crippen LogP contribution in [0.3, 0.4) is 0 Å². The second-order valence-corrected chi connectivity index (χ2v) is 5.77. The first kappa shape index (κ1) is 15.5. The largest absolute Gasteiger partial charge is 0.353 e.